The molecule has 0 aliphatic carbocycles. The van der Waals surface area contributed by atoms with E-state index in [2.05, 4.69) is 44.3 Å². The zero-order valence-corrected chi connectivity index (χ0v) is 36.0. The van der Waals surface area contributed by atoms with Crippen LogP contribution in [-0.2, 0) is 14.3 Å². The van der Waals surface area contributed by atoms with E-state index < -0.39 is 18.2 Å². The van der Waals surface area contributed by atoms with Crippen molar-refractivity contribution in [3.8, 4) is 0 Å². The summed E-state index contributed by atoms with van der Waals surface area (Å²) in [4.78, 5) is 25.9. The molecule has 0 aromatic rings. The maximum absolute atomic E-state index is 13.1. The molecule has 318 valence electrons. The fraction of sp³-hybridized carbons (Fsp3) is 0.755. The van der Waals surface area contributed by atoms with Crippen LogP contribution in [0.4, 0.5) is 0 Å². The van der Waals surface area contributed by atoms with Gasteiger partial charge < -0.3 is 20.3 Å². The molecule has 1 amide bonds. The third-order valence-corrected chi connectivity index (χ3v) is 10.2. The van der Waals surface area contributed by atoms with Crippen LogP contribution in [0.25, 0.3) is 0 Å². The van der Waals surface area contributed by atoms with Gasteiger partial charge in [0.2, 0.25) is 5.91 Å². The molecule has 0 saturated heterocycles. The molecular weight excluding hydrogens is 683 g/mol. The van der Waals surface area contributed by atoms with Crippen molar-refractivity contribution in [1.82, 2.24) is 5.32 Å². The SMILES string of the molecule is CC/C=C/C=C/C=C\C=C/C=C/CCCCCC(=O)OC(CCCCCCCCCC)CC(=O)NC(CO)C(O)CCCCCCCCCCCCCCC. The molecule has 0 aromatic heterocycles. The predicted molar refractivity (Wildman–Crippen MR) is 236 cm³/mol. The number of amides is 1. The predicted octanol–water partition coefficient (Wildman–Crippen LogP) is 13.3. The van der Waals surface area contributed by atoms with E-state index in [0.29, 0.717) is 19.3 Å². The molecule has 0 rings (SSSR count). The summed E-state index contributed by atoms with van der Waals surface area (Å²) in [5, 5.41) is 23.6. The van der Waals surface area contributed by atoms with Crippen molar-refractivity contribution < 1.29 is 24.5 Å². The normalized spacial score (nSPS) is 13.9. The number of aliphatic hydroxyl groups excluding tert-OH is 2. The monoisotopic (exact) mass is 770 g/mol. The van der Waals surface area contributed by atoms with Gasteiger partial charge in [-0.05, 0) is 44.9 Å². The number of rotatable bonds is 40. The third kappa shape index (κ3) is 38.2. The van der Waals surface area contributed by atoms with Gasteiger partial charge in [-0.2, -0.15) is 0 Å². The summed E-state index contributed by atoms with van der Waals surface area (Å²) >= 11 is 0. The quantitative estimate of drug-likeness (QED) is 0.0328. The Morgan fingerprint density at radius 2 is 0.982 bits per heavy atom. The number of ether oxygens (including phenoxy) is 1. The van der Waals surface area contributed by atoms with Gasteiger partial charge in [0.15, 0.2) is 0 Å². The minimum absolute atomic E-state index is 0.0594. The van der Waals surface area contributed by atoms with Crippen LogP contribution in [0.2, 0.25) is 0 Å². The summed E-state index contributed by atoms with van der Waals surface area (Å²) in [5.41, 5.74) is 0. The van der Waals surface area contributed by atoms with Crippen molar-refractivity contribution >= 4 is 11.9 Å². The average molecular weight is 770 g/mol. The van der Waals surface area contributed by atoms with E-state index in [0.717, 1.165) is 70.6 Å². The molecule has 3 unspecified atom stereocenters. The topological polar surface area (TPSA) is 95.9 Å². The van der Waals surface area contributed by atoms with E-state index in [1.54, 1.807) is 0 Å². The molecule has 0 spiro atoms. The van der Waals surface area contributed by atoms with Crippen LogP contribution in [0.5, 0.6) is 0 Å². The van der Waals surface area contributed by atoms with Crippen molar-refractivity contribution in [1.29, 1.82) is 0 Å². The highest BCUT2D eigenvalue weighted by atomic mass is 16.5. The molecule has 0 aliphatic heterocycles. The van der Waals surface area contributed by atoms with Crippen LogP contribution in [0.1, 0.15) is 213 Å². The summed E-state index contributed by atoms with van der Waals surface area (Å²) in [6, 6.07) is -0.708. The highest BCUT2D eigenvalue weighted by Gasteiger charge is 2.24. The van der Waals surface area contributed by atoms with Gasteiger partial charge in [0.05, 0.1) is 25.2 Å². The lowest BCUT2D eigenvalue weighted by molar-refractivity contribution is -0.151. The number of aliphatic hydroxyl groups is 2. The average Bonchev–Trinajstić information content (AvgIpc) is 3.18. The van der Waals surface area contributed by atoms with Crippen LogP contribution in [-0.4, -0.2) is 46.9 Å². The first-order valence-corrected chi connectivity index (χ1v) is 23.1. The van der Waals surface area contributed by atoms with Gasteiger partial charge in [-0.1, -0.05) is 216 Å². The van der Waals surface area contributed by atoms with Gasteiger partial charge in [-0.15, -0.1) is 0 Å². The number of allylic oxidation sites excluding steroid dienone is 10. The molecule has 0 saturated carbocycles. The van der Waals surface area contributed by atoms with E-state index >= 15 is 0 Å². The third-order valence-electron chi connectivity index (χ3n) is 10.2. The minimum atomic E-state index is -0.793. The molecule has 6 nitrogen and oxygen atoms in total. The lowest BCUT2D eigenvalue weighted by atomic mass is 10.0. The minimum Gasteiger partial charge on any atom is -0.462 e. The van der Waals surface area contributed by atoms with E-state index in [9.17, 15) is 19.8 Å². The summed E-state index contributed by atoms with van der Waals surface area (Å²) in [5.74, 6) is -0.527. The molecule has 3 N–H and O–H groups in total. The van der Waals surface area contributed by atoms with Crippen LogP contribution >= 0.6 is 0 Å². The first kappa shape index (κ1) is 52.6. The molecule has 0 bridgehead atoms. The number of hydrogen-bond acceptors (Lipinski definition) is 5. The molecule has 0 radical (unpaired) electrons. The van der Waals surface area contributed by atoms with Gasteiger partial charge in [0.1, 0.15) is 6.10 Å². The molecule has 0 aromatic carbocycles. The van der Waals surface area contributed by atoms with Crippen molar-refractivity contribution in [2.75, 3.05) is 6.61 Å². The number of carbonyl (C=O) groups is 2. The first-order valence-electron chi connectivity index (χ1n) is 23.1. The number of esters is 1. The molecule has 0 fully saturated rings. The maximum atomic E-state index is 13.1. The molecule has 0 aliphatic rings. The molecule has 6 heteroatoms. The Labute approximate surface area is 339 Å². The maximum Gasteiger partial charge on any atom is 0.306 e. The van der Waals surface area contributed by atoms with Crippen LogP contribution < -0.4 is 5.32 Å². The number of unbranched alkanes of at least 4 members (excludes halogenated alkanes) is 22. The zero-order chi connectivity index (χ0) is 40.3. The summed E-state index contributed by atoms with van der Waals surface area (Å²) in [7, 11) is 0. The Hall–Kier alpha value is -2.44. The highest BCUT2D eigenvalue weighted by molar-refractivity contribution is 5.77. The second-order valence-electron chi connectivity index (χ2n) is 15.6. The van der Waals surface area contributed by atoms with Gasteiger partial charge in [0.25, 0.3) is 0 Å². The van der Waals surface area contributed by atoms with Crippen molar-refractivity contribution in [2.45, 2.75) is 232 Å². The van der Waals surface area contributed by atoms with Crippen molar-refractivity contribution in [2.24, 2.45) is 0 Å². The van der Waals surface area contributed by atoms with E-state index in [1.165, 1.54) is 96.3 Å². The van der Waals surface area contributed by atoms with E-state index in [1.807, 2.05) is 42.5 Å². The zero-order valence-electron chi connectivity index (χ0n) is 36.0. The van der Waals surface area contributed by atoms with Crippen molar-refractivity contribution in [3.05, 3.63) is 60.8 Å². The lowest BCUT2D eigenvalue weighted by Gasteiger charge is -2.24. The van der Waals surface area contributed by atoms with Crippen LogP contribution in [0.15, 0.2) is 60.8 Å². The highest BCUT2D eigenvalue weighted by Crippen LogP contribution is 2.17. The molecule has 3 atom stereocenters. The van der Waals surface area contributed by atoms with Gasteiger partial charge >= 0.3 is 5.97 Å². The standard InChI is InChI=1S/C49H87NO5/c1-4-7-10-13-16-19-21-23-24-26-28-30-33-36-39-42-49(54)55-45(40-37-34-31-18-15-12-9-6-3)43-48(53)50-46(44-51)47(52)41-38-35-32-29-27-25-22-20-17-14-11-8-5-2/h7,10,13,16,19,21,23-24,26,28,45-47,51-52H,4-6,8-9,11-12,14-15,17-18,20,22,25,27,29-44H2,1-3H3,(H,50,53)/b10-7+,16-13+,21-19-,24-23-,28-26+. The van der Waals surface area contributed by atoms with Crippen LogP contribution in [0, 0.1) is 0 Å². The number of nitrogens with one attached hydrogen (secondary N) is 1. The Balaban J connectivity index is 4.56. The fourth-order valence-corrected chi connectivity index (χ4v) is 6.74. The van der Waals surface area contributed by atoms with Crippen LogP contribution in [0.3, 0.4) is 0 Å². The second-order valence-corrected chi connectivity index (χ2v) is 15.6. The van der Waals surface area contributed by atoms with Crippen molar-refractivity contribution in [3.63, 3.8) is 0 Å². The number of carbonyl (C=O) groups excluding carboxylic acids is 2. The molecule has 55 heavy (non-hydrogen) atoms. The smallest absolute Gasteiger partial charge is 0.306 e. The Morgan fingerprint density at radius 1 is 0.545 bits per heavy atom. The van der Waals surface area contributed by atoms with Gasteiger partial charge in [0, 0.05) is 6.42 Å². The summed E-state index contributed by atoms with van der Waals surface area (Å²) in [6.45, 7) is 6.29. The number of hydrogen-bond donors (Lipinski definition) is 3. The largest absolute Gasteiger partial charge is 0.462 e. The Kier molecular flexibility index (Phi) is 40.8. The lowest BCUT2D eigenvalue weighted by Crippen LogP contribution is -2.46. The van der Waals surface area contributed by atoms with E-state index in [-0.39, 0.29) is 24.9 Å². The van der Waals surface area contributed by atoms with Gasteiger partial charge in [-0.25, -0.2) is 0 Å². The first-order chi connectivity index (χ1) is 27.0. The van der Waals surface area contributed by atoms with Gasteiger partial charge in [-0.3, -0.25) is 9.59 Å². The molecular formula is C49H87NO5. The van der Waals surface area contributed by atoms with E-state index in [4.69, 9.17) is 4.74 Å². The second kappa shape index (κ2) is 42.7. The molecule has 0 heterocycles. The Morgan fingerprint density at radius 3 is 1.47 bits per heavy atom. The summed E-state index contributed by atoms with van der Waals surface area (Å²) < 4.78 is 5.87. The fourth-order valence-electron chi connectivity index (χ4n) is 6.74. The summed E-state index contributed by atoms with van der Waals surface area (Å²) in [6.07, 6.45) is 51.4. The Bertz CT molecular complexity index is 999.